The fraction of sp³-hybridized carbons (Fsp3) is 0.636. The van der Waals surface area contributed by atoms with Crippen LogP contribution in [0.25, 0.3) is 0 Å². The summed E-state index contributed by atoms with van der Waals surface area (Å²) in [5.74, 6) is 1.01. The monoisotopic (exact) mass is 403 g/mol. The Kier molecular flexibility index (Phi) is 6.67. The minimum Gasteiger partial charge on any atom is -0.497 e. The second-order valence-electron chi connectivity index (χ2n) is 8.11. The first kappa shape index (κ1) is 21.4. The Morgan fingerprint density at radius 3 is 2.24 bits per heavy atom. The summed E-state index contributed by atoms with van der Waals surface area (Å²) in [4.78, 5) is 27.5. The lowest BCUT2D eigenvalue weighted by atomic mass is 9.83. The first-order chi connectivity index (χ1) is 14.0. The highest BCUT2D eigenvalue weighted by molar-refractivity contribution is 5.91. The number of carbonyl (C=O) groups is 2. The maximum absolute atomic E-state index is 13.4. The van der Waals surface area contributed by atoms with Gasteiger partial charge in [0.05, 0.1) is 12.5 Å². The van der Waals surface area contributed by atoms with Crippen molar-refractivity contribution in [2.24, 2.45) is 0 Å². The highest BCUT2D eigenvalue weighted by atomic mass is 16.5. The van der Waals surface area contributed by atoms with Crippen LogP contribution in [-0.4, -0.2) is 62.8 Å². The zero-order chi connectivity index (χ0) is 20.9. The molecule has 0 bridgehead atoms. The lowest BCUT2D eigenvalue weighted by molar-refractivity contribution is -0.135. The van der Waals surface area contributed by atoms with Crippen LogP contribution >= 0.6 is 0 Å². The Hall–Kier alpha value is -2.28. The molecule has 1 saturated heterocycles. The van der Waals surface area contributed by atoms with Crippen molar-refractivity contribution in [2.75, 3.05) is 40.5 Å². The summed E-state index contributed by atoms with van der Waals surface area (Å²) in [5.41, 5.74) is 0.356. The van der Waals surface area contributed by atoms with E-state index in [9.17, 15) is 9.59 Å². The number of piperidine rings is 1. The molecule has 7 heteroatoms. The SMILES string of the molecule is CCNC(=O)NC1(CCOC)CCN(C(=O)C2(c3ccc(OC)cc3)CC2)CC1. The molecule has 29 heavy (non-hydrogen) atoms. The summed E-state index contributed by atoms with van der Waals surface area (Å²) >= 11 is 0. The quantitative estimate of drug-likeness (QED) is 0.699. The van der Waals surface area contributed by atoms with E-state index in [0.29, 0.717) is 26.2 Å². The third-order valence-electron chi connectivity index (χ3n) is 6.31. The van der Waals surface area contributed by atoms with Crippen LogP contribution in [-0.2, 0) is 14.9 Å². The second-order valence-corrected chi connectivity index (χ2v) is 8.11. The number of nitrogens with one attached hydrogen (secondary N) is 2. The van der Waals surface area contributed by atoms with Crippen molar-refractivity contribution in [3.8, 4) is 5.75 Å². The lowest BCUT2D eigenvalue weighted by Gasteiger charge is -2.43. The molecule has 0 spiro atoms. The van der Waals surface area contributed by atoms with E-state index in [0.717, 1.165) is 43.4 Å². The van der Waals surface area contributed by atoms with E-state index in [4.69, 9.17) is 9.47 Å². The summed E-state index contributed by atoms with van der Waals surface area (Å²) in [6.45, 7) is 4.36. The van der Waals surface area contributed by atoms with Crippen LogP contribution in [0.2, 0.25) is 0 Å². The van der Waals surface area contributed by atoms with E-state index < -0.39 is 0 Å². The number of urea groups is 1. The maximum atomic E-state index is 13.4. The van der Waals surface area contributed by atoms with E-state index in [1.54, 1.807) is 14.2 Å². The van der Waals surface area contributed by atoms with Crippen LogP contribution in [0.1, 0.15) is 44.6 Å². The first-order valence-corrected chi connectivity index (χ1v) is 10.5. The van der Waals surface area contributed by atoms with Gasteiger partial charge < -0.3 is 25.0 Å². The van der Waals surface area contributed by atoms with Crippen molar-refractivity contribution in [2.45, 2.75) is 50.0 Å². The van der Waals surface area contributed by atoms with Gasteiger partial charge in [-0.05, 0) is 56.7 Å². The summed E-state index contributed by atoms with van der Waals surface area (Å²) < 4.78 is 10.5. The van der Waals surface area contributed by atoms with Crippen molar-refractivity contribution < 1.29 is 19.1 Å². The molecule has 1 aromatic rings. The van der Waals surface area contributed by atoms with Gasteiger partial charge in [0.1, 0.15) is 5.75 Å². The molecule has 160 valence electrons. The van der Waals surface area contributed by atoms with E-state index in [-0.39, 0.29) is 22.9 Å². The number of likely N-dealkylation sites (tertiary alicyclic amines) is 1. The van der Waals surface area contributed by atoms with Crippen molar-refractivity contribution >= 4 is 11.9 Å². The molecule has 3 rings (SSSR count). The zero-order valence-electron chi connectivity index (χ0n) is 17.8. The van der Waals surface area contributed by atoms with Crippen LogP contribution < -0.4 is 15.4 Å². The van der Waals surface area contributed by atoms with Crippen LogP contribution in [0, 0.1) is 0 Å². The first-order valence-electron chi connectivity index (χ1n) is 10.5. The number of hydrogen-bond acceptors (Lipinski definition) is 4. The van der Waals surface area contributed by atoms with E-state index >= 15 is 0 Å². The van der Waals surface area contributed by atoms with Gasteiger partial charge in [-0.1, -0.05) is 12.1 Å². The summed E-state index contributed by atoms with van der Waals surface area (Å²) in [6, 6.07) is 7.70. The van der Waals surface area contributed by atoms with Gasteiger partial charge >= 0.3 is 6.03 Å². The molecule has 0 aromatic heterocycles. The van der Waals surface area contributed by atoms with Crippen molar-refractivity contribution in [1.82, 2.24) is 15.5 Å². The molecule has 2 fully saturated rings. The second kappa shape index (κ2) is 9.03. The highest BCUT2D eigenvalue weighted by Gasteiger charge is 2.53. The van der Waals surface area contributed by atoms with Gasteiger partial charge in [0.25, 0.3) is 0 Å². The predicted octanol–water partition coefficient (Wildman–Crippen LogP) is 2.44. The number of nitrogens with zero attached hydrogens (tertiary/aromatic N) is 1. The van der Waals surface area contributed by atoms with E-state index in [1.807, 2.05) is 36.1 Å². The number of rotatable bonds is 8. The minimum atomic E-state index is -0.383. The molecule has 7 nitrogen and oxygen atoms in total. The fourth-order valence-corrected chi connectivity index (χ4v) is 4.28. The summed E-state index contributed by atoms with van der Waals surface area (Å²) in [5, 5.41) is 5.96. The van der Waals surface area contributed by atoms with Gasteiger partial charge in [-0.3, -0.25) is 4.79 Å². The fourth-order valence-electron chi connectivity index (χ4n) is 4.28. The van der Waals surface area contributed by atoms with Gasteiger partial charge in [0, 0.05) is 38.9 Å². The largest absolute Gasteiger partial charge is 0.497 e. The third kappa shape index (κ3) is 4.66. The van der Waals surface area contributed by atoms with Crippen LogP contribution in [0.15, 0.2) is 24.3 Å². The Balaban J connectivity index is 1.66. The normalized spacial score (nSPS) is 19.3. The van der Waals surface area contributed by atoms with Crippen LogP contribution in [0.3, 0.4) is 0 Å². The molecule has 1 saturated carbocycles. The van der Waals surface area contributed by atoms with Crippen LogP contribution in [0.5, 0.6) is 5.75 Å². The van der Waals surface area contributed by atoms with E-state index in [2.05, 4.69) is 10.6 Å². The Morgan fingerprint density at radius 1 is 1.07 bits per heavy atom. The number of ether oxygens (including phenoxy) is 2. The van der Waals surface area contributed by atoms with Gasteiger partial charge in [-0.2, -0.15) is 0 Å². The van der Waals surface area contributed by atoms with Crippen molar-refractivity contribution in [1.29, 1.82) is 0 Å². The summed E-state index contributed by atoms with van der Waals surface area (Å²) in [7, 11) is 3.32. The molecule has 0 radical (unpaired) electrons. The van der Waals surface area contributed by atoms with E-state index in [1.165, 1.54) is 0 Å². The Bertz CT molecular complexity index is 707. The standard InChI is InChI=1S/C22H33N3O4/c1-4-23-20(27)24-21(13-16-28-2)11-14-25(15-12-21)19(26)22(9-10-22)17-5-7-18(29-3)8-6-17/h5-8H,4,9-16H2,1-3H3,(H2,23,24,27). The minimum absolute atomic E-state index is 0.153. The van der Waals surface area contributed by atoms with Gasteiger partial charge in [-0.15, -0.1) is 0 Å². The predicted molar refractivity (Wildman–Crippen MR) is 111 cm³/mol. The third-order valence-corrected chi connectivity index (χ3v) is 6.31. The molecule has 2 aliphatic rings. The van der Waals surface area contributed by atoms with Gasteiger partial charge in [0.2, 0.25) is 5.91 Å². The molecule has 1 aliphatic heterocycles. The van der Waals surface area contributed by atoms with Crippen molar-refractivity contribution in [3.63, 3.8) is 0 Å². The van der Waals surface area contributed by atoms with Crippen LogP contribution in [0.4, 0.5) is 4.79 Å². The smallest absolute Gasteiger partial charge is 0.315 e. The molecule has 0 unspecified atom stereocenters. The number of carbonyl (C=O) groups excluding carboxylic acids is 2. The number of methoxy groups -OCH3 is 2. The molecule has 1 heterocycles. The molecule has 1 aromatic carbocycles. The highest BCUT2D eigenvalue weighted by Crippen LogP contribution is 2.50. The Labute approximate surface area is 173 Å². The molecule has 0 atom stereocenters. The van der Waals surface area contributed by atoms with Crippen molar-refractivity contribution in [3.05, 3.63) is 29.8 Å². The zero-order valence-corrected chi connectivity index (χ0v) is 17.8. The molecular weight excluding hydrogens is 370 g/mol. The van der Waals surface area contributed by atoms with Gasteiger partial charge in [-0.25, -0.2) is 4.79 Å². The average Bonchev–Trinajstić information content (AvgIpc) is 3.55. The van der Waals surface area contributed by atoms with Gasteiger partial charge in [0.15, 0.2) is 0 Å². The average molecular weight is 404 g/mol. The molecule has 3 amide bonds. The lowest BCUT2D eigenvalue weighted by Crippen LogP contribution is -2.59. The topological polar surface area (TPSA) is 79.9 Å². The summed E-state index contributed by atoms with van der Waals surface area (Å²) in [6.07, 6.45) is 3.99. The number of amides is 3. The number of benzene rings is 1. The molecule has 1 aliphatic carbocycles. The molecular formula is C22H33N3O4. The maximum Gasteiger partial charge on any atom is 0.315 e. The number of hydrogen-bond donors (Lipinski definition) is 2. The Morgan fingerprint density at radius 2 is 1.72 bits per heavy atom. The molecule has 2 N–H and O–H groups in total.